The summed E-state index contributed by atoms with van der Waals surface area (Å²) in [7, 11) is 0. The molecule has 4 aromatic rings. The monoisotopic (exact) mass is 557 g/mol. The van der Waals surface area contributed by atoms with E-state index in [0.717, 1.165) is 57.9 Å². The Morgan fingerprint density at radius 3 is 2.78 bits per heavy atom. The molecule has 1 atom stereocenters. The number of carbonyl (C=O) groups excluding carboxylic acids is 1. The number of carbonyl (C=O) groups is 1. The fraction of sp³-hybridized carbons (Fsp3) is 0.300. The van der Waals surface area contributed by atoms with Gasteiger partial charge in [0.05, 0.1) is 22.3 Å². The first-order valence-electron chi connectivity index (χ1n) is 12.3. The number of anilines is 1. The minimum Gasteiger partial charge on any atom is -0.312 e. The molecule has 2 aromatic heterocycles. The third-order valence-corrected chi connectivity index (χ3v) is 9.36. The van der Waals surface area contributed by atoms with E-state index >= 15 is 0 Å². The van der Waals surface area contributed by atoms with Gasteiger partial charge in [0.2, 0.25) is 0 Å². The first-order chi connectivity index (χ1) is 17.3. The number of hydrogen-bond acceptors (Lipinski definition) is 4. The molecule has 1 N–H and O–H groups in total. The Morgan fingerprint density at radius 1 is 1.22 bits per heavy atom. The molecule has 0 radical (unpaired) electrons. The van der Waals surface area contributed by atoms with Gasteiger partial charge < -0.3 is 5.32 Å². The molecule has 1 unspecified atom stereocenters. The van der Waals surface area contributed by atoms with E-state index < -0.39 is 0 Å². The maximum atomic E-state index is 13.7. The van der Waals surface area contributed by atoms with Crippen LogP contribution in [0.4, 0.5) is 5.00 Å². The zero-order valence-corrected chi connectivity index (χ0v) is 23.1. The van der Waals surface area contributed by atoms with Crippen LogP contribution in [0.2, 0.25) is 0 Å². The number of aromatic nitrogens is 1. The fourth-order valence-corrected chi connectivity index (χ4v) is 6.75. The summed E-state index contributed by atoms with van der Waals surface area (Å²) in [4.78, 5) is 19.7. The van der Waals surface area contributed by atoms with Gasteiger partial charge in [0.15, 0.2) is 0 Å². The van der Waals surface area contributed by atoms with E-state index in [9.17, 15) is 10.1 Å². The van der Waals surface area contributed by atoms with Crippen LogP contribution in [0.5, 0.6) is 0 Å². The molecule has 182 valence electrons. The number of nitrogens with zero attached hydrogens (tertiary/aromatic N) is 2. The smallest absolute Gasteiger partial charge is 0.257 e. The molecule has 0 aliphatic heterocycles. The highest BCUT2D eigenvalue weighted by atomic mass is 79.9. The number of rotatable bonds is 5. The number of hydrogen-bond donors (Lipinski definition) is 1. The number of nitriles is 1. The summed E-state index contributed by atoms with van der Waals surface area (Å²) in [6.07, 6.45) is 4.07. The molecule has 1 amide bonds. The van der Waals surface area contributed by atoms with Crippen LogP contribution in [0.1, 0.15) is 60.0 Å². The highest BCUT2D eigenvalue weighted by Gasteiger charge is 2.34. The van der Waals surface area contributed by atoms with Gasteiger partial charge in [-0.05, 0) is 60.4 Å². The predicted molar refractivity (Wildman–Crippen MR) is 151 cm³/mol. The standard InChI is InChI=1S/C30H28BrN3OS/c1-4-30(2,3)19-12-13-22-24(17-32)29(36-27(22)15-19)34-28(35)23-16-26(18-8-7-9-20(31)14-18)33-25-11-6-5-10-21(23)25/h5-11,14,16,19H,4,12-13,15H2,1-3H3,(H,34,35). The lowest BCUT2D eigenvalue weighted by Crippen LogP contribution is -2.28. The van der Waals surface area contributed by atoms with Gasteiger partial charge in [-0.2, -0.15) is 5.26 Å². The zero-order valence-electron chi connectivity index (χ0n) is 20.7. The average molecular weight is 559 g/mol. The van der Waals surface area contributed by atoms with Crippen LogP contribution in [0.25, 0.3) is 22.2 Å². The van der Waals surface area contributed by atoms with Crippen molar-refractivity contribution < 1.29 is 4.79 Å². The summed E-state index contributed by atoms with van der Waals surface area (Å²) in [5.74, 6) is 0.367. The minimum absolute atomic E-state index is 0.217. The normalized spacial score (nSPS) is 15.4. The van der Waals surface area contributed by atoms with Crippen molar-refractivity contribution in [3.63, 3.8) is 0 Å². The van der Waals surface area contributed by atoms with Gasteiger partial charge in [-0.3, -0.25) is 4.79 Å². The number of thiophene rings is 1. The maximum absolute atomic E-state index is 13.7. The molecule has 0 spiro atoms. The van der Waals surface area contributed by atoms with Crippen LogP contribution in [-0.2, 0) is 12.8 Å². The molecule has 1 aliphatic carbocycles. The first-order valence-corrected chi connectivity index (χ1v) is 13.9. The molecule has 2 aromatic carbocycles. The van der Waals surface area contributed by atoms with Gasteiger partial charge in [-0.25, -0.2) is 4.98 Å². The highest BCUT2D eigenvalue weighted by molar-refractivity contribution is 9.10. The molecule has 0 saturated heterocycles. The van der Waals surface area contributed by atoms with Gasteiger partial charge in [0, 0.05) is 20.3 Å². The predicted octanol–water partition coefficient (Wildman–Crippen LogP) is 8.39. The topological polar surface area (TPSA) is 65.8 Å². The lowest BCUT2D eigenvalue weighted by Gasteiger charge is -2.36. The van der Waals surface area contributed by atoms with Crippen LogP contribution < -0.4 is 5.32 Å². The maximum Gasteiger partial charge on any atom is 0.257 e. The lowest BCUT2D eigenvalue weighted by atomic mass is 9.69. The van der Waals surface area contributed by atoms with Gasteiger partial charge in [0.1, 0.15) is 11.1 Å². The van der Waals surface area contributed by atoms with E-state index in [0.29, 0.717) is 22.0 Å². The molecule has 36 heavy (non-hydrogen) atoms. The molecule has 0 fully saturated rings. The van der Waals surface area contributed by atoms with Crippen LogP contribution in [0.3, 0.4) is 0 Å². The van der Waals surface area contributed by atoms with Crippen molar-refractivity contribution in [3.05, 3.63) is 80.6 Å². The second-order valence-electron chi connectivity index (χ2n) is 10.1. The van der Waals surface area contributed by atoms with E-state index in [1.54, 1.807) is 11.3 Å². The second-order valence-corrected chi connectivity index (χ2v) is 12.2. The van der Waals surface area contributed by atoms with Crippen LogP contribution in [-0.4, -0.2) is 10.9 Å². The number of para-hydroxylation sites is 1. The van der Waals surface area contributed by atoms with Gasteiger partial charge in [0.25, 0.3) is 5.91 Å². The molecular weight excluding hydrogens is 530 g/mol. The van der Waals surface area contributed by atoms with E-state index in [1.807, 2.05) is 54.6 Å². The third-order valence-electron chi connectivity index (χ3n) is 7.70. The Bertz CT molecular complexity index is 1510. The van der Waals surface area contributed by atoms with Crippen molar-refractivity contribution in [3.8, 4) is 17.3 Å². The van der Waals surface area contributed by atoms with Gasteiger partial charge >= 0.3 is 0 Å². The van der Waals surface area contributed by atoms with Crippen LogP contribution in [0.15, 0.2) is 59.1 Å². The van der Waals surface area contributed by atoms with Gasteiger partial charge in [-0.1, -0.05) is 73.5 Å². The van der Waals surface area contributed by atoms with Gasteiger partial charge in [-0.15, -0.1) is 11.3 Å². The number of halogens is 1. The van der Waals surface area contributed by atoms with E-state index in [1.165, 1.54) is 4.88 Å². The first kappa shape index (κ1) is 24.7. The van der Waals surface area contributed by atoms with Crippen molar-refractivity contribution in [1.29, 1.82) is 5.26 Å². The highest BCUT2D eigenvalue weighted by Crippen LogP contribution is 2.45. The van der Waals surface area contributed by atoms with Crippen molar-refractivity contribution in [2.75, 3.05) is 5.32 Å². The van der Waals surface area contributed by atoms with E-state index in [4.69, 9.17) is 4.98 Å². The summed E-state index contributed by atoms with van der Waals surface area (Å²) >= 11 is 5.10. The minimum atomic E-state index is -0.217. The van der Waals surface area contributed by atoms with Crippen molar-refractivity contribution in [2.45, 2.75) is 46.5 Å². The molecule has 1 aliphatic rings. The Balaban J connectivity index is 1.52. The fourth-order valence-electron chi connectivity index (χ4n) is 5.08. The SMILES string of the molecule is CCC(C)(C)C1CCc2c(sc(NC(=O)c3cc(-c4cccc(Br)c4)nc4ccccc34)c2C#N)C1. The third kappa shape index (κ3) is 4.58. The summed E-state index contributed by atoms with van der Waals surface area (Å²) in [5, 5.41) is 14.6. The molecule has 6 heteroatoms. The second kappa shape index (κ2) is 9.80. The Kier molecular flexibility index (Phi) is 6.72. The summed E-state index contributed by atoms with van der Waals surface area (Å²) in [5.41, 5.74) is 4.98. The van der Waals surface area contributed by atoms with Crippen LogP contribution in [0, 0.1) is 22.7 Å². The molecule has 2 heterocycles. The molecule has 4 nitrogen and oxygen atoms in total. The summed E-state index contributed by atoms with van der Waals surface area (Å²) < 4.78 is 0.952. The number of nitrogens with one attached hydrogen (secondary N) is 1. The van der Waals surface area contributed by atoms with Crippen molar-refractivity contribution in [1.82, 2.24) is 4.98 Å². The Labute approximate surface area is 224 Å². The number of pyridine rings is 1. The largest absolute Gasteiger partial charge is 0.312 e. The average Bonchev–Trinajstić information content (AvgIpc) is 3.24. The molecular formula is C30H28BrN3OS. The number of benzene rings is 2. The van der Waals surface area contributed by atoms with E-state index in [2.05, 4.69) is 48.1 Å². The Hall–Kier alpha value is -3.01. The lowest BCUT2D eigenvalue weighted by molar-refractivity contribution is 0.102. The van der Waals surface area contributed by atoms with E-state index in [-0.39, 0.29) is 11.3 Å². The van der Waals surface area contributed by atoms with Crippen molar-refractivity contribution >= 4 is 49.1 Å². The molecule has 0 bridgehead atoms. The van der Waals surface area contributed by atoms with Crippen LogP contribution >= 0.6 is 27.3 Å². The zero-order chi connectivity index (χ0) is 25.4. The Morgan fingerprint density at radius 2 is 2.03 bits per heavy atom. The molecule has 5 rings (SSSR count). The summed E-state index contributed by atoms with van der Waals surface area (Å²) in [6, 6.07) is 19.8. The number of amides is 1. The quantitative estimate of drug-likeness (QED) is 0.268. The molecule has 0 saturated carbocycles. The summed E-state index contributed by atoms with van der Waals surface area (Å²) in [6.45, 7) is 6.92. The van der Waals surface area contributed by atoms with Crippen molar-refractivity contribution in [2.24, 2.45) is 11.3 Å². The number of fused-ring (bicyclic) bond motifs is 2.